The van der Waals surface area contributed by atoms with E-state index in [1.54, 1.807) is 32.5 Å². The Kier molecular flexibility index (Phi) is 5.49. The number of benzene rings is 1. The third-order valence-electron chi connectivity index (χ3n) is 4.41. The van der Waals surface area contributed by atoms with Gasteiger partial charge in [0.2, 0.25) is 0 Å². The molecule has 1 fully saturated rings. The van der Waals surface area contributed by atoms with Crippen LogP contribution in [0.5, 0.6) is 11.5 Å². The maximum Gasteiger partial charge on any atom is 0.162 e. The van der Waals surface area contributed by atoms with E-state index in [9.17, 15) is 4.79 Å². The molecule has 1 aromatic heterocycles. The quantitative estimate of drug-likeness (QED) is 0.732. The molecular formula is C21H23NO3. The monoisotopic (exact) mass is 337 g/mol. The van der Waals surface area contributed by atoms with Crippen molar-refractivity contribution in [2.24, 2.45) is 0 Å². The van der Waals surface area contributed by atoms with E-state index in [0.29, 0.717) is 5.75 Å². The van der Waals surface area contributed by atoms with Gasteiger partial charge in [-0.1, -0.05) is 6.07 Å². The summed E-state index contributed by atoms with van der Waals surface area (Å²) in [6.45, 7) is 1.56. The molecular weight excluding hydrogens is 314 g/mol. The second-order valence-corrected chi connectivity index (χ2v) is 6.29. The molecule has 0 bridgehead atoms. The summed E-state index contributed by atoms with van der Waals surface area (Å²) in [5, 5.41) is 0. The third-order valence-corrected chi connectivity index (χ3v) is 4.41. The first-order valence-corrected chi connectivity index (χ1v) is 8.65. The highest BCUT2D eigenvalue weighted by Gasteiger charge is 2.19. The number of hydrogen-bond donors (Lipinski definition) is 0. The van der Waals surface area contributed by atoms with Crippen LogP contribution in [0.1, 0.15) is 43.7 Å². The normalized spacial score (nSPS) is 15.2. The molecule has 4 heteroatoms. The van der Waals surface area contributed by atoms with E-state index in [1.807, 2.05) is 30.3 Å². The molecule has 0 saturated heterocycles. The second-order valence-electron chi connectivity index (χ2n) is 6.29. The summed E-state index contributed by atoms with van der Waals surface area (Å²) in [4.78, 5) is 15.8. The molecule has 25 heavy (non-hydrogen) atoms. The van der Waals surface area contributed by atoms with E-state index in [-0.39, 0.29) is 11.9 Å². The van der Waals surface area contributed by atoms with Crippen LogP contribution in [0.4, 0.5) is 0 Å². The lowest BCUT2D eigenvalue weighted by Crippen LogP contribution is -2.11. The lowest BCUT2D eigenvalue weighted by Gasteiger charge is -2.18. The number of pyridine rings is 1. The van der Waals surface area contributed by atoms with Crippen molar-refractivity contribution in [2.75, 3.05) is 7.11 Å². The number of allylic oxidation sites excluding steroid dienone is 1. The first-order chi connectivity index (χ1) is 12.2. The Labute approximate surface area is 148 Å². The summed E-state index contributed by atoms with van der Waals surface area (Å²) in [5.41, 5.74) is 2.73. The van der Waals surface area contributed by atoms with E-state index in [4.69, 9.17) is 9.47 Å². The first-order valence-electron chi connectivity index (χ1n) is 8.65. The van der Waals surface area contributed by atoms with Gasteiger partial charge in [0.15, 0.2) is 17.3 Å². The van der Waals surface area contributed by atoms with E-state index in [2.05, 4.69) is 4.98 Å². The minimum atomic E-state index is 0.000826. The maximum absolute atomic E-state index is 11.7. The van der Waals surface area contributed by atoms with Crippen molar-refractivity contribution in [3.05, 3.63) is 59.9 Å². The fourth-order valence-electron chi connectivity index (χ4n) is 3.19. The molecule has 0 radical (unpaired) electrons. The molecule has 1 aliphatic carbocycles. The van der Waals surface area contributed by atoms with Crippen LogP contribution in [-0.2, 0) is 4.79 Å². The number of ketones is 1. The predicted octanol–water partition coefficient (Wildman–Crippen LogP) is 4.43. The standard InChI is InChI=1S/C21H23NO3/c1-15(23)13-19(16-9-11-22-12-10-16)17-7-8-20(24-2)21(14-17)25-18-5-3-4-6-18/h7-14,18H,3-6H2,1-2H3. The Morgan fingerprint density at radius 1 is 1.08 bits per heavy atom. The topological polar surface area (TPSA) is 48.4 Å². The van der Waals surface area contributed by atoms with Crippen LogP contribution in [0.3, 0.4) is 0 Å². The maximum atomic E-state index is 11.7. The number of methoxy groups -OCH3 is 1. The van der Waals surface area contributed by atoms with Crippen LogP contribution in [0.25, 0.3) is 5.57 Å². The van der Waals surface area contributed by atoms with Crippen LogP contribution in [-0.4, -0.2) is 24.0 Å². The molecule has 0 spiro atoms. The molecule has 3 rings (SSSR count). The summed E-state index contributed by atoms with van der Waals surface area (Å²) in [6, 6.07) is 9.61. The minimum Gasteiger partial charge on any atom is -0.493 e. The summed E-state index contributed by atoms with van der Waals surface area (Å²) < 4.78 is 11.6. The van der Waals surface area contributed by atoms with Gasteiger partial charge in [-0.05, 0) is 79.6 Å². The van der Waals surface area contributed by atoms with E-state index >= 15 is 0 Å². The van der Waals surface area contributed by atoms with Crippen molar-refractivity contribution < 1.29 is 14.3 Å². The van der Waals surface area contributed by atoms with Crippen molar-refractivity contribution in [2.45, 2.75) is 38.7 Å². The lowest BCUT2D eigenvalue weighted by molar-refractivity contribution is -0.112. The molecule has 0 amide bonds. The Balaban J connectivity index is 2.00. The largest absolute Gasteiger partial charge is 0.493 e. The van der Waals surface area contributed by atoms with Crippen molar-refractivity contribution in [1.82, 2.24) is 4.98 Å². The third kappa shape index (κ3) is 4.27. The number of nitrogens with zero attached hydrogens (tertiary/aromatic N) is 1. The highest BCUT2D eigenvalue weighted by atomic mass is 16.5. The number of carbonyl (C=O) groups is 1. The molecule has 0 unspecified atom stereocenters. The van der Waals surface area contributed by atoms with E-state index in [0.717, 1.165) is 35.3 Å². The van der Waals surface area contributed by atoms with Gasteiger partial charge in [0.25, 0.3) is 0 Å². The van der Waals surface area contributed by atoms with Crippen molar-refractivity contribution in [1.29, 1.82) is 0 Å². The Morgan fingerprint density at radius 3 is 2.44 bits per heavy atom. The molecule has 130 valence electrons. The molecule has 1 aromatic carbocycles. The number of carbonyl (C=O) groups excluding carboxylic acids is 1. The second kappa shape index (κ2) is 7.97. The van der Waals surface area contributed by atoms with Gasteiger partial charge < -0.3 is 9.47 Å². The van der Waals surface area contributed by atoms with Crippen LogP contribution >= 0.6 is 0 Å². The zero-order chi connectivity index (χ0) is 17.6. The van der Waals surface area contributed by atoms with Gasteiger partial charge in [0.1, 0.15) is 0 Å². The van der Waals surface area contributed by atoms with Gasteiger partial charge in [-0.25, -0.2) is 0 Å². The van der Waals surface area contributed by atoms with Crippen LogP contribution < -0.4 is 9.47 Å². The van der Waals surface area contributed by atoms with Gasteiger partial charge in [-0.15, -0.1) is 0 Å². The van der Waals surface area contributed by atoms with Gasteiger partial charge in [-0.2, -0.15) is 0 Å². The van der Waals surface area contributed by atoms with Gasteiger partial charge in [0.05, 0.1) is 13.2 Å². The first kappa shape index (κ1) is 17.2. The van der Waals surface area contributed by atoms with Crippen LogP contribution in [0, 0.1) is 0 Å². The summed E-state index contributed by atoms with van der Waals surface area (Å²) in [7, 11) is 1.64. The highest BCUT2D eigenvalue weighted by molar-refractivity contribution is 5.99. The van der Waals surface area contributed by atoms with E-state index < -0.39 is 0 Å². The summed E-state index contributed by atoms with van der Waals surface area (Å²) >= 11 is 0. The number of rotatable bonds is 6. The predicted molar refractivity (Wildman–Crippen MR) is 97.9 cm³/mol. The summed E-state index contributed by atoms with van der Waals surface area (Å²) in [6.07, 6.45) is 9.91. The van der Waals surface area contributed by atoms with Crippen molar-refractivity contribution in [3.8, 4) is 11.5 Å². The Bertz CT molecular complexity index is 762. The van der Waals surface area contributed by atoms with E-state index in [1.165, 1.54) is 12.8 Å². The van der Waals surface area contributed by atoms with Gasteiger partial charge in [-0.3, -0.25) is 9.78 Å². The molecule has 0 atom stereocenters. The molecule has 2 aromatic rings. The van der Waals surface area contributed by atoms with Crippen molar-refractivity contribution >= 4 is 11.4 Å². The smallest absolute Gasteiger partial charge is 0.162 e. The van der Waals surface area contributed by atoms with Gasteiger partial charge in [0, 0.05) is 12.4 Å². The number of hydrogen-bond acceptors (Lipinski definition) is 4. The fourth-order valence-corrected chi connectivity index (χ4v) is 3.19. The zero-order valence-corrected chi connectivity index (χ0v) is 14.7. The van der Waals surface area contributed by atoms with Crippen LogP contribution in [0.15, 0.2) is 48.8 Å². The molecule has 0 aliphatic heterocycles. The number of ether oxygens (including phenoxy) is 2. The Hall–Kier alpha value is -2.62. The highest BCUT2D eigenvalue weighted by Crippen LogP contribution is 2.35. The van der Waals surface area contributed by atoms with Crippen molar-refractivity contribution in [3.63, 3.8) is 0 Å². The lowest BCUT2D eigenvalue weighted by atomic mass is 9.97. The average Bonchev–Trinajstić information content (AvgIpc) is 3.13. The molecule has 1 heterocycles. The molecule has 1 saturated carbocycles. The Morgan fingerprint density at radius 2 is 1.80 bits per heavy atom. The molecule has 1 aliphatic rings. The number of aromatic nitrogens is 1. The van der Waals surface area contributed by atoms with Crippen LogP contribution in [0.2, 0.25) is 0 Å². The molecule has 4 nitrogen and oxygen atoms in total. The molecule has 0 N–H and O–H groups in total. The van der Waals surface area contributed by atoms with Gasteiger partial charge >= 0.3 is 0 Å². The average molecular weight is 337 g/mol. The minimum absolute atomic E-state index is 0.000826. The SMILES string of the molecule is COc1ccc(C(=CC(C)=O)c2ccncc2)cc1OC1CCCC1. The zero-order valence-electron chi connectivity index (χ0n) is 14.7. The fraction of sp³-hybridized carbons (Fsp3) is 0.333. The summed E-state index contributed by atoms with van der Waals surface area (Å²) in [5.74, 6) is 1.45.